The van der Waals surface area contributed by atoms with Crippen LogP contribution < -0.4 is 0 Å². The molecule has 0 aliphatic rings. The summed E-state index contributed by atoms with van der Waals surface area (Å²) in [5, 5.41) is 0. The summed E-state index contributed by atoms with van der Waals surface area (Å²) in [7, 11) is 0. The van der Waals surface area contributed by atoms with E-state index in [1.807, 2.05) is 0 Å². The maximum Gasteiger partial charge on any atom is 0.313 e. The number of hydrogen-bond acceptors (Lipinski definition) is 3. The second-order valence-electron chi connectivity index (χ2n) is 1.68. The van der Waals surface area contributed by atoms with E-state index in [-0.39, 0.29) is 29.3 Å². The van der Waals surface area contributed by atoms with Crippen LogP contribution in [0, 0.1) is 0 Å². The van der Waals surface area contributed by atoms with Crippen LogP contribution in [0.15, 0.2) is 0 Å². The third-order valence-electron chi connectivity index (χ3n) is 0.699. The summed E-state index contributed by atoms with van der Waals surface area (Å²) in [6.07, 6.45) is -0.103. The molecule has 0 aromatic rings. The summed E-state index contributed by atoms with van der Waals surface area (Å²) in [5.74, 6) is -0.599. The minimum absolute atomic E-state index is 0. The van der Waals surface area contributed by atoms with E-state index < -0.39 is 5.97 Å². The van der Waals surface area contributed by atoms with Gasteiger partial charge in [0.1, 0.15) is 12.2 Å². The third kappa shape index (κ3) is 7.66. The molecule has 0 saturated heterocycles. The van der Waals surface area contributed by atoms with Crippen LogP contribution in [0.3, 0.4) is 0 Å². The zero-order valence-electron chi connectivity index (χ0n) is 5.99. The van der Waals surface area contributed by atoms with Crippen molar-refractivity contribution in [1.82, 2.24) is 0 Å². The summed E-state index contributed by atoms with van der Waals surface area (Å²) in [6, 6.07) is 0. The second kappa shape index (κ2) is 6.77. The van der Waals surface area contributed by atoms with Crippen molar-refractivity contribution in [2.45, 2.75) is 20.3 Å². The Morgan fingerprint density at radius 3 is 2.20 bits per heavy atom. The average molecular weight is 186 g/mol. The number of esters is 1. The molecule has 3 nitrogen and oxygen atoms in total. The Balaban J connectivity index is 0. The first kappa shape index (κ1) is 12.3. The van der Waals surface area contributed by atoms with Crippen molar-refractivity contribution < 1.29 is 31.4 Å². The fourth-order valence-corrected chi connectivity index (χ4v) is 0.415. The van der Waals surface area contributed by atoms with Crippen molar-refractivity contribution in [3.8, 4) is 0 Å². The molecule has 0 unspecified atom stereocenters. The molecular weight excluding hydrogens is 176 g/mol. The summed E-state index contributed by atoms with van der Waals surface area (Å²) in [4.78, 5) is 20.6. The zero-order valence-corrected chi connectivity index (χ0v) is 7.10. The van der Waals surface area contributed by atoms with E-state index in [4.69, 9.17) is 0 Å². The molecule has 10 heavy (non-hydrogen) atoms. The quantitative estimate of drug-likeness (QED) is 0.366. The van der Waals surface area contributed by atoms with Crippen LogP contribution in [0.5, 0.6) is 0 Å². The molecule has 0 rings (SSSR count). The molecule has 0 heterocycles. The fourth-order valence-electron chi connectivity index (χ4n) is 0.415. The largest absolute Gasteiger partial charge is 0.466 e. The van der Waals surface area contributed by atoms with Crippen LogP contribution in [-0.4, -0.2) is 18.4 Å². The number of Topliss-reactive ketones (excluding diaryl/α,β-unsaturated/α-hetero) is 1. The van der Waals surface area contributed by atoms with Crippen molar-refractivity contribution >= 4 is 11.8 Å². The minimum atomic E-state index is -0.440. The van der Waals surface area contributed by atoms with Crippen molar-refractivity contribution in [2.24, 2.45) is 0 Å². The Morgan fingerprint density at radius 1 is 1.40 bits per heavy atom. The minimum Gasteiger partial charge on any atom is -0.466 e. The van der Waals surface area contributed by atoms with Crippen LogP contribution in [0.25, 0.3) is 0 Å². The topological polar surface area (TPSA) is 43.4 Å². The molecule has 0 aromatic carbocycles. The molecule has 0 atom stereocenters. The Morgan fingerprint density at radius 2 is 1.90 bits per heavy atom. The summed E-state index contributed by atoms with van der Waals surface area (Å²) in [6.45, 7) is 3.40. The predicted molar refractivity (Wildman–Crippen MR) is 31.9 cm³/mol. The molecule has 0 amide bonds. The fraction of sp³-hybridized carbons (Fsp3) is 0.667. The number of carbonyl (C=O) groups is 2. The van der Waals surface area contributed by atoms with E-state index in [1.165, 1.54) is 6.92 Å². The van der Waals surface area contributed by atoms with Gasteiger partial charge in [-0.15, -0.1) is 0 Å². The molecule has 0 saturated carbocycles. The van der Waals surface area contributed by atoms with Gasteiger partial charge in [-0.25, -0.2) is 0 Å². The smallest absolute Gasteiger partial charge is 0.313 e. The van der Waals surface area contributed by atoms with Crippen molar-refractivity contribution in [3.63, 3.8) is 0 Å². The van der Waals surface area contributed by atoms with Crippen LogP contribution >= 0.6 is 0 Å². The van der Waals surface area contributed by atoms with Crippen molar-refractivity contribution in [2.75, 3.05) is 6.61 Å². The molecule has 60 valence electrons. The van der Waals surface area contributed by atoms with Crippen LogP contribution in [0.1, 0.15) is 20.3 Å². The van der Waals surface area contributed by atoms with Gasteiger partial charge in [0.25, 0.3) is 0 Å². The Bertz CT molecular complexity index is 122. The van der Waals surface area contributed by atoms with Gasteiger partial charge in [0.05, 0.1) is 6.61 Å². The van der Waals surface area contributed by atoms with Gasteiger partial charge >= 0.3 is 5.97 Å². The normalized spacial score (nSPS) is 7.80. The number of carbonyl (C=O) groups excluding carboxylic acids is 2. The predicted octanol–water partition coefficient (Wildman–Crippen LogP) is 0.526. The summed E-state index contributed by atoms with van der Waals surface area (Å²) < 4.78 is 4.49. The van der Waals surface area contributed by atoms with Gasteiger partial charge in [0.2, 0.25) is 0 Å². The van der Waals surface area contributed by atoms with Crippen molar-refractivity contribution in [1.29, 1.82) is 0 Å². The van der Waals surface area contributed by atoms with Crippen LogP contribution in [-0.2, 0) is 31.4 Å². The Labute approximate surface area is 70.6 Å². The van der Waals surface area contributed by atoms with E-state index in [0.717, 1.165) is 0 Å². The Kier molecular flexibility index (Phi) is 8.36. The SMILES string of the molecule is CCOC(=O)CC(C)=O.[Fe]. The van der Waals surface area contributed by atoms with Gasteiger partial charge in [-0.3, -0.25) is 9.59 Å². The van der Waals surface area contributed by atoms with E-state index in [1.54, 1.807) is 6.92 Å². The molecule has 0 aromatic heterocycles. The number of hydrogen-bond donors (Lipinski definition) is 0. The summed E-state index contributed by atoms with van der Waals surface area (Å²) >= 11 is 0. The second-order valence-corrected chi connectivity index (χ2v) is 1.68. The number of ketones is 1. The monoisotopic (exact) mass is 186 g/mol. The Hall–Kier alpha value is -0.341. The van der Waals surface area contributed by atoms with Gasteiger partial charge in [-0.1, -0.05) is 0 Å². The molecular formula is C6H10FeO3. The average Bonchev–Trinajstić information content (AvgIpc) is 1.63. The maximum absolute atomic E-state index is 10.4. The molecule has 0 N–H and O–H groups in total. The molecule has 0 bridgehead atoms. The third-order valence-corrected chi connectivity index (χ3v) is 0.699. The first-order valence-electron chi connectivity index (χ1n) is 2.82. The van der Waals surface area contributed by atoms with Crippen LogP contribution in [0.4, 0.5) is 0 Å². The molecule has 0 spiro atoms. The van der Waals surface area contributed by atoms with E-state index >= 15 is 0 Å². The van der Waals surface area contributed by atoms with Gasteiger partial charge < -0.3 is 4.74 Å². The number of rotatable bonds is 3. The molecule has 0 aliphatic heterocycles. The van der Waals surface area contributed by atoms with Gasteiger partial charge in [0, 0.05) is 17.1 Å². The zero-order chi connectivity index (χ0) is 7.28. The molecule has 4 heteroatoms. The van der Waals surface area contributed by atoms with Gasteiger partial charge in [0.15, 0.2) is 0 Å². The summed E-state index contributed by atoms with van der Waals surface area (Å²) in [5.41, 5.74) is 0. The van der Waals surface area contributed by atoms with Crippen molar-refractivity contribution in [3.05, 3.63) is 0 Å². The molecule has 0 radical (unpaired) electrons. The molecule has 0 aliphatic carbocycles. The number of ether oxygens (including phenoxy) is 1. The van der Waals surface area contributed by atoms with Gasteiger partial charge in [-0.05, 0) is 13.8 Å². The first-order valence-corrected chi connectivity index (χ1v) is 2.82. The standard InChI is InChI=1S/C6H10O3.Fe/c1-3-9-6(8)4-5(2)7;/h3-4H2,1-2H3;. The maximum atomic E-state index is 10.4. The first-order chi connectivity index (χ1) is 4.16. The van der Waals surface area contributed by atoms with E-state index in [2.05, 4.69) is 4.74 Å². The molecule has 0 fully saturated rings. The van der Waals surface area contributed by atoms with E-state index in [0.29, 0.717) is 6.61 Å². The van der Waals surface area contributed by atoms with Crippen LogP contribution in [0.2, 0.25) is 0 Å². The van der Waals surface area contributed by atoms with Gasteiger partial charge in [-0.2, -0.15) is 0 Å². The van der Waals surface area contributed by atoms with E-state index in [9.17, 15) is 9.59 Å².